The maximum absolute atomic E-state index is 12.3. The Kier molecular flexibility index (Phi) is 5.55. The van der Waals surface area contributed by atoms with E-state index in [9.17, 15) is 4.79 Å². The molecule has 0 aliphatic heterocycles. The lowest BCUT2D eigenvalue weighted by molar-refractivity contribution is -0.115. The van der Waals surface area contributed by atoms with Gasteiger partial charge in [-0.05, 0) is 26.0 Å². The minimum atomic E-state index is -0.381. The average molecular weight is 327 g/mol. The van der Waals surface area contributed by atoms with Gasteiger partial charge in [0.25, 0.3) is 0 Å². The molecule has 1 amide bonds. The number of rotatable bonds is 6. The van der Waals surface area contributed by atoms with Gasteiger partial charge in [0, 0.05) is 6.54 Å². The van der Waals surface area contributed by atoms with Gasteiger partial charge in [-0.1, -0.05) is 30.0 Å². The van der Waals surface area contributed by atoms with Gasteiger partial charge in [-0.2, -0.15) is 5.26 Å². The van der Waals surface area contributed by atoms with Crippen molar-refractivity contribution in [1.29, 1.82) is 5.26 Å². The fourth-order valence-corrected chi connectivity index (χ4v) is 2.83. The highest BCUT2D eigenvalue weighted by molar-refractivity contribution is 8.00. The predicted molar refractivity (Wildman–Crippen MR) is 90.1 cm³/mol. The summed E-state index contributed by atoms with van der Waals surface area (Å²) in [6, 6.07) is 8.96. The molecule has 0 aliphatic carbocycles. The number of allylic oxidation sites excluding steroid dienone is 1. The number of aromatic nitrogens is 3. The first kappa shape index (κ1) is 16.8. The molecule has 0 unspecified atom stereocenters. The van der Waals surface area contributed by atoms with Gasteiger partial charge in [0.05, 0.1) is 16.5 Å². The summed E-state index contributed by atoms with van der Waals surface area (Å²) in [5, 5.41) is 20.3. The fraction of sp³-hybridized carbons (Fsp3) is 0.250. The van der Waals surface area contributed by atoms with Gasteiger partial charge in [0.15, 0.2) is 5.16 Å². The largest absolute Gasteiger partial charge is 0.324 e. The van der Waals surface area contributed by atoms with Crippen molar-refractivity contribution in [1.82, 2.24) is 14.8 Å². The quantitative estimate of drug-likeness (QED) is 0.651. The molecule has 1 aromatic heterocycles. The Labute approximate surface area is 139 Å². The standard InChI is InChI=1S/C16H17N5OS/c1-4-9-21-12(3)19-20-16(21)23-11(2)15(22)18-14-8-6-5-7-13(14)10-17/h4-8,11H,1,9H2,2-3H3,(H,18,22)/t11-/m0/s1. The van der Waals surface area contributed by atoms with E-state index in [0.717, 1.165) is 5.82 Å². The summed E-state index contributed by atoms with van der Waals surface area (Å²) in [4.78, 5) is 12.3. The SMILES string of the molecule is C=CCn1c(C)nnc1S[C@@H](C)C(=O)Nc1ccccc1C#N. The fourth-order valence-electron chi connectivity index (χ4n) is 1.92. The molecule has 0 saturated carbocycles. The van der Waals surface area contributed by atoms with E-state index in [2.05, 4.69) is 28.2 Å². The van der Waals surface area contributed by atoms with Crippen molar-refractivity contribution in [3.63, 3.8) is 0 Å². The van der Waals surface area contributed by atoms with Crippen LogP contribution in [0.2, 0.25) is 0 Å². The zero-order chi connectivity index (χ0) is 16.8. The number of hydrogen-bond donors (Lipinski definition) is 1. The van der Waals surface area contributed by atoms with Gasteiger partial charge in [0.2, 0.25) is 5.91 Å². The smallest absolute Gasteiger partial charge is 0.237 e. The summed E-state index contributed by atoms with van der Waals surface area (Å²) in [6.45, 7) is 7.95. The summed E-state index contributed by atoms with van der Waals surface area (Å²) in [5.41, 5.74) is 0.944. The Hall–Kier alpha value is -2.59. The van der Waals surface area contributed by atoms with Crippen LogP contribution in [0.15, 0.2) is 42.1 Å². The molecule has 1 heterocycles. The van der Waals surface area contributed by atoms with Gasteiger partial charge in [-0.3, -0.25) is 4.79 Å². The minimum absolute atomic E-state index is 0.191. The molecule has 0 bridgehead atoms. The van der Waals surface area contributed by atoms with Gasteiger partial charge in [0.1, 0.15) is 11.9 Å². The molecule has 0 saturated heterocycles. The Balaban J connectivity index is 2.09. The van der Waals surface area contributed by atoms with Crippen molar-refractivity contribution in [2.75, 3.05) is 5.32 Å². The highest BCUT2D eigenvalue weighted by Crippen LogP contribution is 2.24. The molecular formula is C16H17N5OS. The lowest BCUT2D eigenvalue weighted by Gasteiger charge is -2.13. The number of carbonyl (C=O) groups is 1. The van der Waals surface area contributed by atoms with E-state index in [1.165, 1.54) is 11.8 Å². The highest BCUT2D eigenvalue weighted by Gasteiger charge is 2.19. The molecule has 7 heteroatoms. The zero-order valence-electron chi connectivity index (χ0n) is 13.0. The summed E-state index contributed by atoms with van der Waals surface area (Å²) in [5.74, 6) is 0.582. The third-order valence-electron chi connectivity index (χ3n) is 3.17. The van der Waals surface area contributed by atoms with E-state index in [1.807, 2.05) is 11.5 Å². The number of hydrogen-bond acceptors (Lipinski definition) is 5. The number of nitriles is 1. The third-order valence-corrected chi connectivity index (χ3v) is 4.25. The second kappa shape index (κ2) is 7.61. The monoisotopic (exact) mass is 327 g/mol. The second-order valence-corrected chi connectivity index (χ2v) is 6.14. The van der Waals surface area contributed by atoms with Crippen LogP contribution >= 0.6 is 11.8 Å². The van der Waals surface area contributed by atoms with E-state index in [0.29, 0.717) is 23.0 Å². The normalized spacial score (nSPS) is 11.5. The van der Waals surface area contributed by atoms with Crippen molar-refractivity contribution in [2.24, 2.45) is 0 Å². The number of para-hydroxylation sites is 1. The third kappa shape index (κ3) is 3.99. The molecule has 2 aromatic rings. The Morgan fingerprint density at radius 2 is 2.26 bits per heavy atom. The van der Waals surface area contributed by atoms with E-state index in [-0.39, 0.29) is 11.2 Å². The number of amides is 1. The molecule has 6 nitrogen and oxygen atoms in total. The summed E-state index contributed by atoms with van der Waals surface area (Å²) < 4.78 is 1.89. The number of nitrogens with one attached hydrogen (secondary N) is 1. The lowest BCUT2D eigenvalue weighted by atomic mass is 10.2. The Bertz CT molecular complexity index is 762. The van der Waals surface area contributed by atoms with Gasteiger partial charge >= 0.3 is 0 Å². The van der Waals surface area contributed by atoms with Crippen molar-refractivity contribution < 1.29 is 4.79 Å². The molecule has 118 valence electrons. The van der Waals surface area contributed by atoms with Crippen molar-refractivity contribution in [2.45, 2.75) is 30.8 Å². The molecule has 1 N–H and O–H groups in total. The number of benzene rings is 1. The molecule has 0 aliphatic rings. The average Bonchev–Trinajstić information content (AvgIpc) is 2.89. The van der Waals surface area contributed by atoms with Crippen LogP contribution in [0.3, 0.4) is 0 Å². The van der Waals surface area contributed by atoms with Gasteiger partial charge in [-0.15, -0.1) is 16.8 Å². The van der Waals surface area contributed by atoms with E-state index in [4.69, 9.17) is 5.26 Å². The molecule has 23 heavy (non-hydrogen) atoms. The molecule has 0 radical (unpaired) electrons. The number of aryl methyl sites for hydroxylation is 1. The molecular weight excluding hydrogens is 310 g/mol. The maximum Gasteiger partial charge on any atom is 0.237 e. The summed E-state index contributed by atoms with van der Waals surface area (Å²) in [6.07, 6.45) is 1.76. The first-order valence-electron chi connectivity index (χ1n) is 7.04. The first-order valence-corrected chi connectivity index (χ1v) is 7.92. The zero-order valence-corrected chi connectivity index (χ0v) is 13.8. The number of thioether (sulfide) groups is 1. The van der Waals surface area contributed by atoms with Gasteiger partial charge in [-0.25, -0.2) is 0 Å². The molecule has 1 atom stereocenters. The van der Waals surface area contributed by atoms with E-state index >= 15 is 0 Å². The van der Waals surface area contributed by atoms with Crippen molar-refractivity contribution in [3.05, 3.63) is 48.3 Å². The Morgan fingerprint density at radius 3 is 2.96 bits per heavy atom. The molecule has 1 aromatic carbocycles. The number of carbonyl (C=O) groups excluding carboxylic acids is 1. The van der Waals surface area contributed by atoms with Crippen LogP contribution in [0.4, 0.5) is 5.69 Å². The Morgan fingerprint density at radius 1 is 1.52 bits per heavy atom. The van der Waals surface area contributed by atoms with E-state index in [1.54, 1.807) is 37.3 Å². The van der Waals surface area contributed by atoms with E-state index < -0.39 is 0 Å². The van der Waals surface area contributed by atoms with Crippen LogP contribution in [-0.4, -0.2) is 25.9 Å². The lowest BCUT2D eigenvalue weighted by Crippen LogP contribution is -2.23. The van der Waals surface area contributed by atoms with Crippen molar-refractivity contribution >= 4 is 23.4 Å². The van der Waals surface area contributed by atoms with Gasteiger partial charge < -0.3 is 9.88 Å². The van der Waals surface area contributed by atoms with Crippen LogP contribution in [0.5, 0.6) is 0 Å². The topological polar surface area (TPSA) is 83.6 Å². The summed E-state index contributed by atoms with van der Waals surface area (Å²) in [7, 11) is 0. The minimum Gasteiger partial charge on any atom is -0.324 e. The van der Waals surface area contributed by atoms with Crippen LogP contribution in [0.1, 0.15) is 18.3 Å². The molecule has 0 spiro atoms. The molecule has 2 rings (SSSR count). The predicted octanol–water partition coefficient (Wildman–Crippen LogP) is 2.76. The van der Waals surface area contributed by atoms with Crippen LogP contribution in [0.25, 0.3) is 0 Å². The van der Waals surface area contributed by atoms with Crippen LogP contribution in [-0.2, 0) is 11.3 Å². The number of nitrogens with zero attached hydrogens (tertiary/aromatic N) is 4. The molecule has 0 fully saturated rings. The maximum atomic E-state index is 12.3. The van der Waals surface area contributed by atoms with Crippen molar-refractivity contribution in [3.8, 4) is 6.07 Å². The summed E-state index contributed by atoms with van der Waals surface area (Å²) >= 11 is 1.32. The number of anilines is 1. The van der Waals surface area contributed by atoms with Crippen LogP contribution in [0, 0.1) is 18.3 Å². The first-order chi connectivity index (χ1) is 11.1. The van der Waals surface area contributed by atoms with Crippen LogP contribution < -0.4 is 5.32 Å². The second-order valence-electron chi connectivity index (χ2n) is 4.84. The highest BCUT2D eigenvalue weighted by atomic mass is 32.2.